The summed E-state index contributed by atoms with van der Waals surface area (Å²) in [5.41, 5.74) is 2.31. The molecular formula is C27H35ClN4O. The van der Waals surface area contributed by atoms with Gasteiger partial charge in [-0.25, -0.2) is 9.97 Å². The van der Waals surface area contributed by atoms with Gasteiger partial charge in [0, 0.05) is 49.1 Å². The third kappa shape index (κ3) is 6.63. The number of halogens is 1. The molecule has 0 radical (unpaired) electrons. The number of hydrogen-bond acceptors (Lipinski definition) is 4. The predicted molar refractivity (Wildman–Crippen MR) is 134 cm³/mol. The molecule has 1 saturated heterocycles. The van der Waals surface area contributed by atoms with Gasteiger partial charge in [0.05, 0.1) is 6.04 Å². The first kappa shape index (κ1) is 23.9. The summed E-state index contributed by atoms with van der Waals surface area (Å²) in [6.07, 6.45) is 12.5. The van der Waals surface area contributed by atoms with Crippen molar-refractivity contribution in [1.82, 2.24) is 14.9 Å². The molecule has 0 spiro atoms. The number of aryl methyl sites for hydroxylation is 1. The fourth-order valence-electron chi connectivity index (χ4n) is 5.20. The molecule has 0 saturated carbocycles. The van der Waals surface area contributed by atoms with E-state index in [-0.39, 0.29) is 0 Å². The highest BCUT2D eigenvalue weighted by Crippen LogP contribution is 2.31. The van der Waals surface area contributed by atoms with E-state index < -0.39 is 0 Å². The Morgan fingerprint density at radius 1 is 1.12 bits per heavy atom. The Hall–Kier alpha value is -2.27. The smallest absolute Gasteiger partial charge is 0.222 e. The summed E-state index contributed by atoms with van der Waals surface area (Å²) in [7, 11) is 0. The van der Waals surface area contributed by atoms with Crippen LogP contribution in [0, 0.1) is 11.8 Å². The highest BCUT2D eigenvalue weighted by Gasteiger charge is 2.29. The number of benzene rings is 1. The van der Waals surface area contributed by atoms with Gasteiger partial charge in [0.2, 0.25) is 5.91 Å². The third-order valence-electron chi connectivity index (χ3n) is 7.26. The van der Waals surface area contributed by atoms with E-state index in [1.807, 2.05) is 24.3 Å². The Labute approximate surface area is 202 Å². The van der Waals surface area contributed by atoms with E-state index in [0.717, 1.165) is 80.9 Å². The van der Waals surface area contributed by atoms with Crippen LogP contribution in [0.15, 0.2) is 47.7 Å². The van der Waals surface area contributed by atoms with Crippen molar-refractivity contribution in [2.24, 2.45) is 16.8 Å². The van der Waals surface area contributed by atoms with Gasteiger partial charge in [0.25, 0.3) is 0 Å². The molecule has 2 unspecified atom stereocenters. The van der Waals surface area contributed by atoms with Gasteiger partial charge < -0.3 is 4.90 Å². The molecule has 33 heavy (non-hydrogen) atoms. The number of amides is 1. The van der Waals surface area contributed by atoms with Crippen LogP contribution in [-0.2, 0) is 11.2 Å². The molecular weight excluding hydrogens is 432 g/mol. The molecule has 0 aliphatic carbocycles. The Morgan fingerprint density at radius 3 is 2.64 bits per heavy atom. The largest absolute Gasteiger partial charge is 0.343 e. The third-order valence-corrected chi connectivity index (χ3v) is 7.49. The summed E-state index contributed by atoms with van der Waals surface area (Å²) < 4.78 is 0. The van der Waals surface area contributed by atoms with E-state index in [9.17, 15) is 4.79 Å². The molecule has 0 N–H and O–H groups in total. The van der Waals surface area contributed by atoms with E-state index in [1.165, 1.54) is 5.71 Å². The summed E-state index contributed by atoms with van der Waals surface area (Å²) in [5.74, 6) is 2.47. The van der Waals surface area contributed by atoms with Crippen molar-refractivity contribution < 1.29 is 4.79 Å². The molecule has 4 rings (SSSR count). The molecule has 6 heteroatoms. The minimum Gasteiger partial charge on any atom is -0.343 e. The number of nitrogens with zero attached hydrogens (tertiary/aromatic N) is 4. The second kappa shape index (κ2) is 11.7. The summed E-state index contributed by atoms with van der Waals surface area (Å²) >= 11 is 6.17. The van der Waals surface area contributed by atoms with Crippen molar-refractivity contribution in [3.05, 3.63) is 59.1 Å². The minimum atomic E-state index is 0.310. The first-order valence-electron chi connectivity index (χ1n) is 12.5. The van der Waals surface area contributed by atoms with Crippen molar-refractivity contribution in [3.8, 4) is 0 Å². The molecule has 5 nitrogen and oxygen atoms in total. The lowest BCUT2D eigenvalue weighted by atomic mass is 9.90. The summed E-state index contributed by atoms with van der Waals surface area (Å²) in [4.78, 5) is 28.5. The highest BCUT2D eigenvalue weighted by molar-refractivity contribution is 6.31. The topological polar surface area (TPSA) is 58.5 Å². The predicted octanol–water partition coefficient (Wildman–Crippen LogP) is 5.76. The van der Waals surface area contributed by atoms with Crippen LogP contribution in [0.2, 0.25) is 5.02 Å². The minimum absolute atomic E-state index is 0.310. The van der Waals surface area contributed by atoms with E-state index in [1.54, 1.807) is 12.4 Å². The van der Waals surface area contributed by atoms with Crippen molar-refractivity contribution in [2.75, 3.05) is 13.1 Å². The van der Waals surface area contributed by atoms with Crippen LogP contribution >= 0.6 is 11.6 Å². The van der Waals surface area contributed by atoms with Crippen molar-refractivity contribution >= 4 is 23.2 Å². The summed E-state index contributed by atoms with van der Waals surface area (Å²) in [6, 6.07) is 10.2. The molecule has 2 aliphatic rings. The number of rotatable bonds is 9. The highest BCUT2D eigenvalue weighted by atomic mass is 35.5. The maximum absolute atomic E-state index is 12.8. The molecule has 2 aromatic rings. The van der Waals surface area contributed by atoms with Crippen LogP contribution < -0.4 is 0 Å². The van der Waals surface area contributed by atoms with Crippen LogP contribution in [0.3, 0.4) is 0 Å². The monoisotopic (exact) mass is 466 g/mol. The van der Waals surface area contributed by atoms with Gasteiger partial charge in [-0.05, 0) is 74.1 Å². The maximum atomic E-state index is 12.8. The molecule has 2 aliphatic heterocycles. The van der Waals surface area contributed by atoms with Crippen molar-refractivity contribution in [3.63, 3.8) is 0 Å². The zero-order chi connectivity index (χ0) is 23.0. The van der Waals surface area contributed by atoms with Crippen LogP contribution in [-0.4, -0.2) is 45.6 Å². The van der Waals surface area contributed by atoms with Gasteiger partial charge in [-0.15, -0.1) is 0 Å². The normalized spacial score (nSPS) is 21.3. The molecule has 1 aromatic heterocycles. The average Bonchev–Trinajstić information content (AvgIpc) is 3.27. The number of carbonyl (C=O) groups excluding carboxylic acids is 1. The van der Waals surface area contributed by atoms with Gasteiger partial charge in [0.1, 0.15) is 5.82 Å². The number of likely N-dealkylation sites (tertiary alicyclic amines) is 1. The van der Waals surface area contributed by atoms with Gasteiger partial charge in [-0.1, -0.05) is 37.1 Å². The zero-order valence-electron chi connectivity index (χ0n) is 19.6. The number of carbonyl (C=O) groups is 1. The zero-order valence-corrected chi connectivity index (χ0v) is 20.4. The van der Waals surface area contributed by atoms with Crippen LogP contribution in [0.4, 0.5) is 0 Å². The van der Waals surface area contributed by atoms with Crippen LogP contribution in [0.25, 0.3) is 0 Å². The van der Waals surface area contributed by atoms with E-state index in [0.29, 0.717) is 30.2 Å². The van der Waals surface area contributed by atoms with E-state index in [2.05, 4.69) is 27.9 Å². The second-order valence-electron chi connectivity index (χ2n) is 9.45. The van der Waals surface area contributed by atoms with Gasteiger partial charge in [-0.3, -0.25) is 9.79 Å². The summed E-state index contributed by atoms with van der Waals surface area (Å²) in [6.45, 7) is 4.02. The molecule has 2 atom stereocenters. The Kier molecular flexibility index (Phi) is 8.49. The van der Waals surface area contributed by atoms with Gasteiger partial charge >= 0.3 is 0 Å². The average molecular weight is 467 g/mol. The van der Waals surface area contributed by atoms with Crippen LogP contribution in [0.1, 0.15) is 69.7 Å². The van der Waals surface area contributed by atoms with Gasteiger partial charge in [-0.2, -0.15) is 0 Å². The SMILES string of the molecule is CCC1CC(c2cccc(Cl)c2)=NC1CCCC(=O)N1CCC(CCc2ncccn2)CC1. The van der Waals surface area contributed by atoms with Crippen molar-refractivity contribution in [1.29, 1.82) is 0 Å². The molecule has 3 heterocycles. The lowest BCUT2D eigenvalue weighted by Crippen LogP contribution is -2.38. The van der Waals surface area contributed by atoms with Crippen molar-refractivity contribution in [2.45, 2.75) is 70.8 Å². The molecule has 0 bridgehead atoms. The second-order valence-corrected chi connectivity index (χ2v) is 9.88. The Balaban J connectivity index is 1.19. The van der Waals surface area contributed by atoms with Crippen LogP contribution in [0.5, 0.6) is 0 Å². The lowest BCUT2D eigenvalue weighted by Gasteiger charge is -2.32. The first-order valence-corrected chi connectivity index (χ1v) is 12.9. The molecule has 1 fully saturated rings. The molecule has 1 aromatic carbocycles. The quantitative estimate of drug-likeness (QED) is 0.472. The number of hydrogen-bond donors (Lipinski definition) is 0. The number of piperidine rings is 1. The standard InChI is InChI=1S/C27H35ClN4O/c1-2-21-19-25(22-6-3-7-23(28)18-22)31-24(21)8-4-9-27(33)32-16-12-20(13-17-32)10-11-26-29-14-5-15-30-26/h3,5-7,14-15,18,20-21,24H,2,4,8-13,16-17,19H2,1H3. The van der Waals surface area contributed by atoms with Gasteiger partial charge in [0.15, 0.2) is 0 Å². The van der Waals surface area contributed by atoms with E-state index in [4.69, 9.17) is 16.6 Å². The first-order chi connectivity index (χ1) is 16.1. The number of aromatic nitrogens is 2. The Bertz CT molecular complexity index is 940. The summed E-state index contributed by atoms with van der Waals surface area (Å²) in [5, 5.41) is 0.759. The number of aliphatic imine (C=N–C) groups is 1. The lowest BCUT2D eigenvalue weighted by molar-refractivity contribution is -0.132. The molecule has 176 valence electrons. The maximum Gasteiger partial charge on any atom is 0.222 e. The fourth-order valence-corrected chi connectivity index (χ4v) is 5.39. The fraction of sp³-hybridized carbons (Fsp3) is 0.556. The Morgan fingerprint density at radius 2 is 1.91 bits per heavy atom. The molecule has 1 amide bonds. The van der Waals surface area contributed by atoms with E-state index >= 15 is 0 Å².